The molecule has 8 heteroatoms. The number of alkyl halides is 1. The third-order valence-corrected chi connectivity index (χ3v) is 7.34. The van der Waals surface area contributed by atoms with Gasteiger partial charge in [-0.25, -0.2) is 21.6 Å². The molecule has 0 aromatic heterocycles. The average molecular weight is 318 g/mol. The molecular weight excluding hydrogens is 298 g/mol. The number of rotatable bonds is 6. The van der Waals surface area contributed by atoms with E-state index in [0.29, 0.717) is 13.0 Å². The van der Waals surface area contributed by atoms with Crippen LogP contribution in [0.15, 0.2) is 0 Å². The van der Waals surface area contributed by atoms with Crippen LogP contribution in [0, 0.1) is 0 Å². The predicted octanol–water partition coefficient (Wildman–Crippen LogP) is 0.890. The first kappa shape index (κ1) is 16.2. The molecule has 1 rings (SSSR count). The Kier molecular flexibility index (Phi) is 5.89. The molecule has 1 saturated heterocycles. The maximum absolute atomic E-state index is 11.9. The molecule has 0 spiro atoms. The molecule has 0 amide bonds. The van der Waals surface area contributed by atoms with Crippen LogP contribution in [0.4, 0.5) is 0 Å². The summed E-state index contributed by atoms with van der Waals surface area (Å²) in [6.45, 7) is 2.26. The van der Waals surface area contributed by atoms with Crippen LogP contribution >= 0.6 is 11.6 Å². The molecule has 1 heterocycles. The van der Waals surface area contributed by atoms with E-state index in [-0.39, 0.29) is 29.7 Å². The van der Waals surface area contributed by atoms with Crippen molar-refractivity contribution in [1.82, 2.24) is 4.72 Å². The Labute approximate surface area is 114 Å². The maximum atomic E-state index is 11.9. The highest BCUT2D eigenvalue weighted by atomic mass is 35.5. The first-order valence-electron chi connectivity index (χ1n) is 6.10. The van der Waals surface area contributed by atoms with E-state index in [1.165, 1.54) is 0 Å². The highest BCUT2D eigenvalue weighted by molar-refractivity contribution is 7.92. The number of hydrogen-bond donors (Lipinski definition) is 1. The summed E-state index contributed by atoms with van der Waals surface area (Å²) in [6.07, 6.45) is 1.76. The minimum Gasteiger partial charge on any atom is -0.229 e. The summed E-state index contributed by atoms with van der Waals surface area (Å²) < 4.78 is 48.8. The molecule has 1 fully saturated rings. The first-order chi connectivity index (χ1) is 8.27. The van der Waals surface area contributed by atoms with Crippen molar-refractivity contribution in [3.63, 3.8) is 0 Å². The lowest BCUT2D eigenvalue weighted by molar-refractivity contribution is 0.540. The second-order valence-corrected chi connectivity index (χ2v) is 9.55. The fourth-order valence-corrected chi connectivity index (χ4v) is 5.25. The normalized spacial score (nSPS) is 22.8. The van der Waals surface area contributed by atoms with Crippen molar-refractivity contribution in [3.05, 3.63) is 0 Å². The van der Waals surface area contributed by atoms with Crippen LogP contribution in [-0.2, 0) is 19.9 Å². The van der Waals surface area contributed by atoms with Crippen molar-refractivity contribution >= 4 is 31.5 Å². The van der Waals surface area contributed by atoms with Crippen molar-refractivity contribution in [1.29, 1.82) is 0 Å². The first-order valence-corrected chi connectivity index (χ1v) is 9.90. The molecule has 0 saturated carbocycles. The molecule has 1 N–H and O–H groups in total. The van der Waals surface area contributed by atoms with Gasteiger partial charge in [-0.1, -0.05) is 6.92 Å². The lowest BCUT2D eigenvalue weighted by Gasteiger charge is -2.22. The van der Waals surface area contributed by atoms with Gasteiger partial charge in [0.2, 0.25) is 10.0 Å². The van der Waals surface area contributed by atoms with E-state index in [0.717, 1.165) is 6.42 Å². The average Bonchev–Trinajstić information content (AvgIpc) is 2.28. The molecule has 1 atom stereocenters. The fourth-order valence-electron chi connectivity index (χ4n) is 1.86. The van der Waals surface area contributed by atoms with Gasteiger partial charge in [-0.2, -0.15) is 0 Å². The van der Waals surface area contributed by atoms with E-state index in [2.05, 4.69) is 4.72 Å². The van der Waals surface area contributed by atoms with Crippen molar-refractivity contribution in [2.45, 2.75) is 43.2 Å². The zero-order valence-corrected chi connectivity index (χ0v) is 12.8. The van der Waals surface area contributed by atoms with E-state index in [1.807, 2.05) is 6.92 Å². The monoisotopic (exact) mass is 317 g/mol. The molecule has 0 bridgehead atoms. The van der Waals surface area contributed by atoms with E-state index in [9.17, 15) is 16.8 Å². The van der Waals surface area contributed by atoms with Gasteiger partial charge in [0.15, 0.2) is 0 Å². The quantitative estimate of drug-likeness (QED) is 0.738. The third kappa shape index (κ3) is 5.03. The van der Waals surface area contributed by atoms with Gasteiger partial charge in [0.05, 0.1) is 16.8 Å². The lowest BCUT2D eigenvalue weighted by Crippen LogP contribution is -2.40. The summed E-state index contributed by atoms with van der Waals surface area (Å²) in [5, 5.41) is -0.615. The molecule has 0 aromatic rings. The molecule has 108 valence electrons. The Morgan fingerprint density at radius 2 is 1.89 bits per heavy atom. The van der Waals surface area contributed by atoms with Gasteiger partial charge >= 0.3 is 0 Å². The van der Waals surface area contributed by atoms with E-state index >= 15 is 0 Å². The standard InChI is InChI=1S/C10H20ClNO4S2/c1-2-9(11)3-6-12-18(15,16)10-4-7-17(13,14)8-5-10/h9-10,12H,2-8H2,1H3. The number of sulfonamides is 1. The molecule has 0 aliphatic carbocycles. The van der Waals surface area contributed by atoms with Gasteiger partial charge in [-0.05, 0) is 25.7 Å². The van der Waals surface area contributed by atoms with Gasteiger partial charge in [0.1, 0.15) is 9.84 Å². The number of hydrogen-bond acceptors (Lipinski definition) is 4. The smallest absolute Gasteiger partial charge is 0.214 e. The van der Waals surface area contributed by atoms with E-state index in [1.54, 1.807) is 0 Å². The van der Waals surface area contributed by atoms with Crippen LogP contribution in [0.2, 0.25) is 0 Å². The van der Waals surface area contributed by atoms with Gasteiger partial charge in [0.25, 0.3) is 0 Å². The highest BCUT2D eigenvalue weighted by Crippen LogP contribution is 2.18. The van der Waals surface area contributed by atoms with Crippen LogP contribution in [0.25, 0.3) is 0 Å². The maximum Gasteiger partial charge on any atom is 0.214 e. The van der Waals surface area contributed by atoms with E-state index < -0.39 is 25.1 Å². The topological polar surface area (TPSA) is 80.3 Å². The van der Waals surface area contributed by atoms with Crippen LogP contribution in [0.1, 0.15) is 32.6 Å². The molecule has 1 unspecified atom stereocenters. The zero-order chi connectivity index (χ0) is 13.8. The third-order valence-electron chi connectivity index (χ3n) is 3.14. The second-order valence-electron chi connectivity index (χ2n) is 4.58. The second kappa shape index (κ2) is 6.54. The zero-order valence-electron chi connectivity index (χ0n) is 10.4. The molecule has 1 aliphatic rings. The Hall–Kier alpha value is 0.150. The van der Waals surface area contributed by atoms with Gasteiger partial charge < -0.3 is 0 Å². The van der Waals surface area contributed by atoms with Crippen LogP contribution in [0.5, 0.6) is 0 Å². The minimum atomic E-state index is -3.41. The van der Waals surface area contributed by atoms with Crippen molar-refractivity contribution in [2.75, 3.05) is 18.1 Å². The van der Waals surface area contributed by atoms with Crippen molar-refractivity contribution < 1.29 is 16.8 Å². The summed E-state index contributed by atoms with van der Waals surface area (Å²) in [6, 6.07) is 0. The SMILES string of the molecule is CCC(Cl)CCNS(=O)(=O)C1CCS(=O)(=O)CC1. The minimum absolute atomic E-state index is 0.0283. The largest absolute Gasteiger partial charge is 0.229 e. The van der Waals surface area contributed by atoms with Gasteiger partial charge in [-0.3, -0.25) is 0 Å². The Bertz CT molecular complexity index is 446. The Balaban J connectivity index is 2.45. The summed E-state index contributed by atoms with van der Waals surface area (Å²) >= 11 is 5.90. The molecule has 18 heavy (non-hydrogen) atoms. The van der Waals surface area contributed by atoms with E-state index in [4.69, 9.17) is 11.6 Å². The number of nitrogens with one attached hydrogen (secondary N) is 1. The highest BCUT2D eigenvalue weighted by Gasteiger charge is 2.32. The van der Waals surface area contributed by atoms with Gasteiger partial charge in [0, 0.05) is 11.9 Å². The van der Waals surface area contributed by atoms with Crippen LogP contribution in [-0.4, -0.2) is 45.5 Å². The molecular formula is C10H20ClNO4S2. The van der Waals surface area contributed by atoms with Gasteiger partial charge in [-0.15, -0.1) is 11.6 Å². The van der Waals surface area contributed by atoms with Crippen LogP contribution in [0.3, 0.4) is 0 Å². The molecule has 0 radical (unpaired) electrons. The Morgan fingerprint density at radius 3 is 2.39 bits per heavy atom. The van der Waals surface area contributed by atoms with Crippen molar-refractivity contribution in [3.8, 4) is 0 Å². The fraction of sp³-hybridized carbons (Fsp3) is 1.00. The summed E-state index contributed by atoms with van der Waals surface area (Å²) in [4.78, 5) is 0. The molecule has 0 aromatic carbocycles. The summed E-state index contributed by atoms with van der Waals surface area (Å²) in [5.41, 5.74) is 0. The van der Waals surface area contributed by atoms with Crippen molar-refractivity contribution in [2.24, 2.45) is 0 Å². The predicted molar refractivity (Wildman–Crippen MR) is 73.1 cm³/mol. The lowest BCUT2D eigenvalue weighted by atomic mass is 10.2. The number of halogens is 1. The Morgan fingerprint density at radius 1 is 1.33 bits per heavy atom. The van der Waals surface area contributed by atoms with Crippen LogP contribution < -0.4 is 4.72 Å². The molecule has 1 aliphatic heterocycles. The summed E-state index contributed by atoms with van der Waals surface area (Å²) in [7, 11) is -6.44. The molecule has 5 nitrogen and oxygen atoms in total. The summed E-state index contributed by atoms with van der Waals surface area (Å²) in [5.74, 6) is -0.0721. The number of sulfone groups is 1.